The Balaban J connectivity index is 1.30. The standard InChI is InChI=1S/C30H29F4N3O4S/c31-24-7-11-28-22(14-24)16-29(41-28)42(39,40)37(18-20-4-2-1-3-5-20)19-26(38)9-8-25-15-21(12-13-35-25)27-10-6-23(17-36-27)30(32,33)34/h6-7,10-17,20H,1-5,8-9,18-19H2. The van der Waals surface area contributed by atoms with Gasteiger partial charge in [-0.2, -0.15) is 17.5 Å². The normalized spacial score (nSPS) is 15.0. The number of carbonyl (C=O) groups excluding carboxylic acids is 1. The molecule has 0 amide bonds. The molecule has 7 nitrogen and oxygen atoms in total. The molecule has 0 spiro atoms. The summed E-state index contributed by atoms with van der Waals surface area (Å²) in [5, 5.41) is -0.0314. The van der Waals surface area contributed by atoms with Gasteiger partial charge in [-0.1, -0.05) is 19.3 Å². The van der Waals surface area contributed by atoms with Gasteiger partial charge in [-0.25, -0.2) is 12.8 Å². The number of aryl methyl sites for hydroxylation is 1. The number of hydrogen-bond acceptors (Lipinski definition) is 6. The van der Waals surface area contributed by atoms with Gasteiger partial charge in [0, 0.05) is 48.1 Å². The fourth-order valence-corrected chi connectivity index (χ4v) is 6.65. The summed E-state index contributed by atoms with van der Waals surface area (Å²) in [4.78, 5) is 21.3. The van der Waals surface area contributed by atoms with Crippen molar-refractivity contribution in [3.8, 4) is 11.3 Å². The molecule has 0 unspecified atom stereocenters. The topological polar surface area (TPSA) is 93.4 Å². The molecular weight excluding hydrogens is 574 g/mol. The molecule has 1 aliphatic carbocycles. The lowest BCUT2D eigenvalue weighted by Crippen LogP contribution is -2.39. The van der Waals surface area contributed by atoms with Crippen LogP contribution in [0.5, 0.6) is 0 Å². The van der Waals surface area contributed by atoms with Gasteiger partial charge in [0.05, 0.1) is 17.8 Å². The van der Waals surface area contributed by atoms with Gasteiger partial charge in [-0.15, -0.1) is 0 Å². The van der Waals surface area contributed by atoms with E-state index >= 15 is 0 Å². The molecule has 1 saturated carbocycles. The highest BCUT2D eigenvalue weighted by Crippen LogP contribution is 2.31. The van der Waals surface area contributed by atoms with E-state index in [0.29, 0.717) is 22.3 Å². The van der Waals surface area contributed by atoms with Gasteiger partial charge >= 0.3 is 6.18 Å². The molecule has 1 aliphatic rings. The van der Waals surface area contributed by atoms with Crippen molar-refractivity contribution >= 4 is 26.8 Å². The number of fused-ring (bicyclic) bond motifs is 1. The number of pyridine rings is 2. The molecule has 0 saturated heterocycles. The van der Waals surface area contributed by atoms with Crippen LogP contribution < -0.4 is 0 Å². The maximum absolute atomic E-state index is 13.7. The van der Waals surface area contributed by atoms with E-state index in [-0.39, 0.29) is 48.3 Å². The SMILES string of the molecule is O=C(CCc1cc(-c2ccc(C(F)(F)F)cn2)ccn1)CN(CC1CCCCC1)S(=O)(=O)c1cc2cc(F)ccc2o1. The second-order valence-corrected chi connectivity index (χ2v) is 12.4. The number of halogens is 4. The first-order chi connectivity index (χ1) is 20.0. The maximum Gasteiger partial charge on any atom is 0.417 e. The molecule has 12 heteroatoms. The lowest BCUT2D eigenvalue weighted by Gasteiger charge is -2.28. The number of rotatable bonds is 10. The minimum Gasteiger partial charge on any atom is -0.443 e. The number of ketones is 1. The minimum absolute atomic E-state index is 0.00107. The van der Waals surface area contributed by atoms with Crippen LogP contribution in [0.25, 0.3) is 22.2 Å². The van der Waals surface area contributed by atoms with Crippen LogP contribution in [0.3, 0.4) is 0 Å². The number of nitrogens with zero attached hydrogens (tertiary/aromatic N) is 3. The van der Waals surface area contributed by atoms with Crippen LogP contribution in [0.4, 0.5) is 17.6 Å². The van der Waals surface area contributed by atoms with E-state index in [1.807, 2.05) is 0 Å². The number of aromatic nitrogens is 2. The number of hydrogen-bond donors (Lipinski definition) is 0. The summed E-state index contributed by atoms with van der Waals surface area (Å²) < 4.78 is 86.4. The second-order valence-electron chi connectivity index (χ2n) is 10.6. The highest BCUT2D eigenvalue weighted by Gasteiger charge is 2.33. The monoisotopic (exact) mass is 603 g/mol. The van der Waals surface area contributed by atoms with Crippen molar-refractivity contribution in [2.24, 2.45) is 5.92 Å². The smallest absolute Gasteiger partial charge is 0.417 e. The highest BCUT2D eigenvalue weighted by atomic mass is 32.2. The van der Waals surface area contributed by atoms with Crippen LogP contribution in [-0.2, 0) is 27.4 Å². The van der Waals surface area contributed by atoms with E-state index in [0.717, 1.165) is 48.7 Å². The fourth-order valence-electron chi connectivity index (χ4n) is 5.20. The number of furan rings is 1. The first-order valence-electron chi connectivity index (χ1n) is 13.7. The van der Waals surface area contributed by atoms with E-state index in [2.05, 4.69) is 9.97 Å². The molecule has 42 heavy (non-hydrogen) atoms. The van der Waals surface area contributed by atoms with Crippen LogP contribution in [0.2, 0.25) is 0 Å². The third-order valence-corrected chi connectivity index (χ3v) is 9.12. The Morgan fingerprint density at radius 2 is 1.79 bits per heavy atom. The Labute approximate surface area is 240 Å². The molecule has 5 rings (SSSR count). The second kappa shape index (κ2) is 12.3. The summed E-state index contributed by atoms with van der Waals surface area (Å²) in [6.07, 6.45) is 2.76. The summed E-state index contributed by atoms with van der Waals surface area (Å²) in [7, 11) is -4.19. The first kappa shape index (κ1) is 29.8. The molecule has 1 aromatic carbocycles. The third-order valence-electron chi connectivity index (χ3n) is 7.45. The fraction of sp³-hybridized carbons (Fsp3) is 0.367. The number of alkyl halides is 3. The Kier molecular flexibility index (Phi) is 8.74. The number of sulfonamides is 1. The Bertz CT molecular complexity index is 1660. The average molecular weight is 604 g/mol. The van der Waals surface area contributed by atoms with E-state index in [9.17, 15) is 30.8 Å². The van der Waals surface area contributed by atoms with Gasteiger partial charge in [0.1, 0.15) is 17.2 Å². The Morgan fingerprint density at radius 3 is 2.50 bits per heavy atom. The van der Waals surface area contributed by atoms with Crippen molar-refractivity contribution in [1.29, 1.82) is 0 Å². The van der Waals surface area contributed by atoms with Crippen molar-refractivity contribution in [2.75, 3.05) is 13.1 Å². The van der Waals surface area contributed by atoms with E-state index in [1.165, 1.54) is 36.5 Å². The van der Waals surface area contributed by atoms with Gasteiger partial charge < -0.3 is 4.42 Å². The molecule has 3 aromatic heterocycles. The zero-order valence-corrected chi connectivity index (χ0v) is 23.4. The van der Waals surface area contributed by atoms with E-state index in [1.54, 1.807) is 12.1 Å². The summed E-state index contributed by atoms with van der Waals surface area (Å²) in [5.74, 6) is -0.734. The van der Waals surface area contributed by atoms with Crippen molar-refractivity contribution < 1.29 is 35.2 Å². The average Bonchev–Trinajstić information content (AvgIpc) is 3.40. The van der Waals surface area contributed by atoms with Crippen molar-refractivity contribution in [3.05, 3.63) is 78.0 Å². The van der Waals surface area contributed by atoms with Crippen LogP contribution in [0.15, 0.2) is 70.4 Å². The van der Waals surface area contributed by atoms with Crippen LogP contribution in [-0.4, -0.2) is 41.6 Å². The number of Topliss-reactive ketones (excluding diaryl/α,β-unsaturated/α-hetero) is 1. The van der Waals surface area contributed by atoms with E-state index < -0.39 is 27.6 Å². The molecule has 3 heterocycles. The molecule has 0 atom stereocenters. The Hall–Kier alpha value is -3.64. The molecular formula is C30H29F4N3O4S. The predicted octanol–water partition coefficient (Wildman–Crippen LogP) is 6.82. The summed E-state index contributed by atoms with van der Waals surface area (Å²) >= 11 is 0. The van der Waals surface area contributed by atoms with Crippen LogP contribution in [0, 0.1) is 11.7 Å². The molecule has 0 N–H and O–H groups in total. The van der Waals surface area contributed by atoms with Gasteiger partial charge in [-0.3, -0.25) is 14.8 Å². The van der Waals surface area contributed by atoms with Crippen LogP contribution in [0.1, 0.15) is 49.8 Å². The lowest BCUT2D eigenvalue weighted by atomic mass is 9.89. The number of benzene rings is 1. The van der Waals surface area contributed by atoms with Gasteiger partial charge in [0.25, 0.3) is 10.0 Å². The minimum atomic E-state index is -4.49. The molecule has 0 bridgehead atoms. The van der Waals surface area contributed by atoms with Crippen molar-refractivity contribution in [3.63, 3.8) is 0 Å². The van der Waals surface area contributed by atoms with E-state index in [4.69, 9.17) is 4.42 Å². The maximum atomic E-state index is 13.7. The zero-order valence-electron chi connectivity index (χ0n) is 22.6. The highest BCUT2D eigenvalue weighted by molar-refractivity contribution is 7.89. The largest absolute Gasteiger partial charge is 0.443 e. The zero-order chi connectivity index (χ0) is 29.9. The van der Waals surface area contributed by atoms with Gasteiger partial charge in [-0.05, 0) is 67.6 Å². The molecule has 0 radical (unpaired) electrons. The summed E-state index contributed by atoms with van der Waals surface area (Å²) in [5.41, 5.74) is 0.766. The number of carbonyl (C=O) groups is 1. The molecule has 4 aromatic rings. The molecule has 0 aliphatic heterocycles. The summed E-state index contributed by atoms with van der Waals surface area (Å²) in [6, 6.07) is 10.5. The first-order valence-corrected chi connectivity index (χ1v) is 15.1. The van der Waals surface area contributed by atoms with Gasteiger partial charge in [0.2, 0.25) is 5.09 Å². The van der Waals surface area contributed by atoms with Crippen LogP contribution >= 0.6 is 0 Å². The third kappa shape index (κ3) is 7.04. The predicted molar refractivity (Wildman–Crippen MR) is 147 cm³/mol. The van der Waals surface area contributed by atoms with Gasteiger partial charge in [0.15, 0.2) is 0 Å². The quantitative estimate of drug-likeness (QED) is 0.185. The summed E-state index contributed by atoms with van der Waals surface area (Å²) in [6.45, 7) is -0.183. The molecule has 1 fully saturated rings. The Morgan fingerprint density at radius 1 is 1.00 bits per heavy atom. The van der Waals surface area contributed by atoms with Crippen molar-refractivity contribution in [1.82, 2.24) is 14.3 Å². The lowest BCUT2D eigenvalue weighted by molar-refractivity contribution is -0.137. The molecule has 222 valence electrons. The van der Waals surface area contributed by atoms with Crippen molar-refractivity contribution in [2.45, 2.75) is 56.2 Å².